The maximum absolute atomic E-state index is 4.63. The monoisotopic (exact) mass is 290 g/mol. The first-order chi connectivity index (χ1) is 9.81. The molecule has 1 atom stereocenters. The maximum atomic E-state index is 4.63. The molecule has 1 aliphatic carbocycles. The molecule has 2 aromatic heterocycles. The number of hydrogen-bond acceptors (Lipinski definition) is 4. The number of fused-ring (bicyclic) bond motifs is 1. The average Bonchev–Trinajstić information content (AvgIpc) is 3.11. The van der Waals surface area contributed by atoms with Crippen LogP contribution in [-0.4, -0.2) is 14.8 Å². The number of nitrogens with zero attached hydrogens (tertiary/aromatic N) is 3. The molecule has 20 heavy (non-hydrogen) atoms. The Kier molecular flexibility index (Phi) is 4.17. The van der Waals surface area contributed by atoms with Crippen molar-refractivity contribution in [1.29, 1.82) is 0 Å². The molecule has 0 radical (unpaired) electrons. The van der Waals surface area contributed by atoms with Gasteiger partial charge in [0.1, 0.15) is 0 Å². The molecule has 0 spiro atoms. The Hall–Kier alpha value is -1.20. The van der Waals surface area contributed by atoms with Crippen molar-refractivity contribution < 1.29 is 0 Å². The lowest BCUT2D eigenvalue weighted by Gasteiger charge is -2.23. The number of rotatable bonds is 5. The summed E-state index contributed by atoms with van der Waals surface area (Å²) in [5.74, 6) is 0. The summed E-state index contributed by atoms with van der Waals surface area (Å²) in [5.41, 5.74) is 3.98. The molecule has 0 saturated heterocycles. The topological polar surface area (TPSA) is 42.7 Å². The van der Waals surface area contributed by atoms with Gasteiger partial charge in [0.2, 0.25) is 0 Å². The van der Waals surface area contributed by atoms with E-state index in [-0.39, 0.29) is 0 Å². The molecule has 2 heterocycles. The molecule has 0 aliphatic heterocycles. The lowest BCUT2D eigenvalue weighted by Crippen LogP contribution is -2.25. The third kappa shape index (κ3) is 2.65. The minimum atomic E-state index is 0.436. The first kappa shape index (κ1) is 13.8. The van der Waals surface area contributed by atoms with Crippen molar-refractivity contribution in [2.24, 2.45) is 0 Å². The highest BCUT2D eigenvalue weighted by Gasteiger charge is 2.23. The molecule has 0 fully saturated rings. The fourth-order valence-electron chi connectivity index (χ4n) is 2.92. The molecule has 0 amide bonds. The average molecular weight is 290 g/mol. The minimum absolute atomic E-state index is 0.436. The Bertz CT molecular complexity index is 572. The van der Waals surface area contributed by atoms with Gasteiger partial charge in [-0.15, -0.1) is 11.3 Å². The van der Waals surface area contributed by atoms with Gasteiger partial charge in [-0.05, 0) is 32.6 Å². The van der Waals surface area contributed by atoms with Gasteiger partial charge in [0.25, 0.3) is 0 Å². The number of aromatic nitrogens is 3. The Labute approximate surface area is 124 Å². The summed E-state index contributed by atoms with van der Waals surface area (Å²) in [6.45, 7) is 6.14. The summed E-state index contributed by atoms with van der Waals surface area (Å²) in [5, 5.41) is 11.6. The number of hydrogen-bond donors (Lipinski definition) is 1. The van der Waals surface area contributed by atoms with Crippen LogP contribution >= 0.6 is 11.3 Å². The molecule has 3 rings (SSSR count). The van der Waals surface area contributed by atoms with E-state index >= 15 is 0 Å². The first-order valence-corrected chi connectivity index (χ1v) is 8.41. The molecule has 4 nitrogen and oxygen atoms in total. The van der Waals surface area contributed by atoms with E-state index in [4.69, 9.17) is 0 Å². The quantitative estimate of drug-likeness (QED) is 0.920. The zero-order valence-electron chi connectivity index (χ0n) is 12.2. The van der Waals surface area contributed by atoms with E-state index in [2.05, 4.69) is 39.3 Å². The second kappa shape index (κ2) is 6.06. The normalized spacial score (nSPS) is 18.2. The molecule has 1 N–H and O–H groups in total. The smallest absolute Gasteiger partial charge is 0.0926 e. The molecule has 2 aromatic rings. The van der Waals surface area contributed by atoms with Crippen LogP contribution in [0.2, 0.25) is 0 Å². The number of aryl methyl sites for hydroxylation is 2. The van der Waals surface area contributed by atoms with Crippen molar-refractivity contribution >= 4 is 11.3 Å². The van der Waals surface area contributed by atoms with Crippen molar-refractivity contribution in [3.05, 3.63) is 33.5 Å². The third-order valence-corrected chi connectivity index (χ3v) is 5.04. The first-order valence-electron chi connectivity index (χ1n) is 7.53. The number of thiazole rings is 1. The zero-order valence-corrected chi connectivity index (χ0v) is 13.0. The van der Waals surface area contributed by atoms with Gasteiger partial charge in [-0.25, -0.2) is 4.98 Å². The van der Waals surface area contributed by atoms with Gasteiger partial charge in [-0.3, -0.25) is 4.68 Å². The summed E-state index contributed by atoms with van der Waals surface area (Å²) >= 11 is 1.76. The molecular formula is C15H22N4S. The highest BCUT2D eigenvalue weighted by Crippen LogP contribution is 2.29. The highest BCUT2D eigenvalue weighted by atomic mass is 32.1. The predicted octanol–water partition coefficient (Wildman–Crippen LogP) is 3.09. The van der Waals surface area contributed by atoms with Crippen LogP contribution in [0.4, 0.5) is 0 Å². The summed E-state index contributed by atoms with van der Waals surface area (Å²) in [4.78, 5) is 4.63. The highest BCUT2D eigenvalue weighted by molar-refractivity contribution is 7.09. The van der Waals surface area contributed by atoms with E-state index in [1.54, 1.807) is 11.3 Å². The van der Waals surface area contributed by atoms with Gasteiger partial charge in [0.05, 0.1) is 16.9 Å². The molecule has 0 aromatic carbocycles. The van der Waals surface area contributed by atoms with Crippen LogP contribution < -0.4 is 5.32 Å². The molecule has 0 bridgehead atoms. The Morgan fingerprint density at radius 2 is 2.35 bits per heavy atom. The van der Waals surface area contributed by atoms with E-state index in [0.29, 0.717) is 6.04 Å². The molecule has 0 unspecified atom stereocenters. The van der Waals surface area contributed by atoms with Crippen molar-refractivity contribution in [1.82, 2.24) is 20.1 Å². The van der Waals surface area contributed by atoms with E-state index in [9.17, 15) is 0 Å². The fourth-order valence-corrected chi connectivity index (χ4v) is 3.67. The van der Waals surface area contributed by atoms with Crippen LogP contribution in [0.3, 0.4) is 0 Å². The van der Waals surface area contributed by atoms with E-state index in [1.165, 1.54) is 34.8 Å². The van der Waals surface area contributed by atoms with E-state index in [0.717, 1.165) is 25.9 Å². The van der Waals surface area contributed by atoms with Crippen molar-refractivity contribution in [3.8, 4) is 0 Å². The standard InChI is InChI=1S/C15H22N4S/c1-3-15-18-11(10-20-15)8-16-13-6-5-7-14-12(13)9-17-19(14)4-2/h9-10,13,16H,3-8H2,1-2H3/t13-/m0/s1. The van der Waals surface area contributed by atoms with Crippen LogP contribution in [0.15, 0.2) is 11.6 Å². The number of nitrogens with one attached hydrogen (secondary N) is 1. The summed E-state index contributed by atoms with van der Waals surface area (Å²) in [6, 6.07) is 0.436. The Morgan fingerprint density at radius 1 is 1.45 bits per heavy atom. The Balaban J connectivity index is 1.68. The second-order valence-corrected chi connectivity index (χ2v) is 6.22. The van der Waals surface area contributed by atoms with Gasteiger partial charge in [-0.2, -0.15) is 5.10 Å². The largest absolute Gasteiger partial charge is 0.304 e. The van der Waals surface area contributed by atoms with Crippen LogP contribution in [-0.2, 0) is 25.9 Å². The van der Waals surface area contributed by atoms with Gasteiger partial charge in [-0.1, -0.05) is 6.92 Å². The van der Waals surface area contributed by atoms with Crippen LogP contribution in [0.25, 0.3) is 0 Å². The predicted molar refractivity (Wildman–Crippen MR) is 81.9 cm³/mol. The molecular weight excluding hydrogens is 268 g/mol. The molecule has 108 valence electrons. The molecule has 0 saturated carbocycles. The summed E-state index contributed by atoms with van der Waals surface area (Å²) in [7, 11) is 0. The Morgan fingerprint density at radius 3 is 3.10 bits per heavy atom. The van der Waals surface area contributed by atoms with Gasteiger partial charge in [0.15, 0.2) is 0 Å². The summed E-state index contributed by atoms with van der Waals surface area (Å²) in [6.07, 6.45) is 6.69. The van der Waals surface area contributed by atoms with Gasteiger partial charge < -0.3 is 5.32 Å². The lowest BCUT2D eigenvalue weighted by atomic mass is 9.93. The van der Waals surface area contributed by atoms with Crippen molar-refractivity contribution in [2.45, 2.75) is 58.7 Å². The van der Waals surface area contributed by atoms with Gasteiger partial charge in [0, 0.05) is 35.8 Å². The SMILES string of the molecule is CCc1nc(CN[C@H]2CCCc3c2cnn3CC)cs1. The second-order valence-electron chi connectivity index (χ2n) is 5.27. The third-order valence-electron chi connectivity index (χ3n) is 3.99. The van der Waals surface area contributed by atoms with Crippen LogP contribution in [0.5, 0.6) is 0 Å². The maximum Gasteiger partial charge on any atom is 0.0926 e. The van der Waals surface area contributed by atoms with Crippen LogP contribution in [0.1, 0.15) is 54.7 Å². The van der Waals surface area contributed by atoms with Crippen molar-refractivity contribution in [2.75, 3.05) is 0 Å². The van der Waals surface area contributed by atoms with E-state index in [1.807, 2.05) is 6.20 Å². The summed E-state index contributed by atoms with van der Waals surface area (Å²) < 4.78 is 2.14. The zero-order chi connectivity index (χ0) is 13.9. The van der Waals surface area contributed by atoms with E-state index < -0.39 is 0 Å². The van der Waals surface area contributed by atoms with Crippen molar-refractivity contribution in [3.63, 3.8) is 0 Å². The molecule has 5 heteroatoms. The lowest BCUT2D eigenvalue weighted by molar-refractivity contribution is 0.446. The van der Waals surface area contributed by atoms with Gasteiger partial charge >= 0.3 is 0 Å². The van der Waals surface area contributed by atoms with Crippen LogP contribution in [0, 0.1) is 0 Å². The fraction of sp³-hybridized carbons (Fsp3) is 0.600. The minimum Gasteiger partial charge on any atom is -0.304 e. The molecule has 1 aliphatic rings.